The summed E-state index contributed by atoms with van der Waals surface area (Å²) in [5.41, 5.74) is 0. The Balaban J connectivity index is -0.0000000800. The number of halogens is 1. The molecule has 0 amide bonds. The van der Waals surface area contributed by atoms with Gasteiger partial charge in [0.05, 0.1) is 0 Å². The first kappa shape index (κ1) is 15.9. The van der Waals surface area contributed by atoms with Crippen molar-refractivity contribution < 1.29 is 37.1 Å². The van der Waals surface area contributed by atoms with Crippen LogP contribution in [0.25, 0.3) is 0 Å². The SMILES string of the molecule is O=P(O)(O)F.[NaH].[V]. The molecule has 0 fully saturated rings. The average molecular weight is 175 g/mol. The molecule has 0 rings (SSSR count). The molecule has 0 atom stereocenters. The molecule has 0 aromatic carbocycles. The molecule has 0 unspecified atom stereocenters. The molecule has 0 bridgehead atoms. The molecule has 0 spiro atoms. The second-order valence-electron chi connectivity index (χ2n) is 0.473. The Kier molecular flexibility index (Phi) is 13.1. The summed E-state index contributed by atoms with van der Waals surface area (Å²) in [4.78, 5) is 13.9. The molecule has 3 nitrogen and oxygen atoms in total. The predicted molar refractivity (Wildman–Crippen MR) is 20.3 cm³/mol. The minimum absolute atomic E-state index is 0. The van der Waals surface area contributed by atoms with Crippen molar-refractivity contribution >= 4 is 37.5 Å². The summed E-state index contributed by atoms with van der Waals surface area (Å²) in [6, 6.07) is 0. The van der Waals surface area contributed by atoms with E-state index in [1.807, 2.05) is 0 Å². The third kappa shape index (κ3) is 88.8. The summed E-state index contributed by atoms with van der Waals surface area (Å²) in [7, 11) is -5.14. The third-order valence-corrected chi connectivity index (χ3v) is 0. The zero-order chi connectivity index (χ0) is 4.50. The standard InChI is InChI=1S/FH2O3P.Na.V.H/c1-5(2,3)4;;;/h(H2,2,3,4);;;. The van der Waals surface area contributed by atoms with E-state index in [1.54, 1.807) is 0 Å². The molecule has 0 saturated heterocycles. The minimum Gasteiger partial charge on any atom is 0 e. The smallest absolute Gasteiger partial charge is 0 e. The largest absolute Gasteiger partial charge is 0 e. The van der Waals surface area contributed by atoms with Gasteiger partial charge in [0.2, 0.25) is 0 Å². The second-order valence-corrected chi connectivity index (χ2v) is 1.42. The van der Waals surface area contributed by atoms with Crippen LogP contribution in [0.5, 0.6) is 0 Å². The van der Waals surface area contributed by atoms with E-state index in [2.05, 4.69) is 0 Å². The molecule has 0 aliphatic rings. The maximum atomic E-state index is 10.4. The van der Waals surface area contributed by atoms with Crippen molar-refractivity contribution in [2.75, 3.05) is 0 Å². The summed E-state index contributed by atoms with van der Waals surface area (Å²) in [6.45, 7) is 0. The van der Waals surface area contributed by atoms with Gasteiger partial charge in [-0.25, -0.2) is 4.57 Å². The van der Waals surface area contributed by atoms with Gasteiger partial charge in [0.25, 0.3) is 0 Å². The molecule has 7 heavy (non-hydrogen) atoms. The van der Waals surface area contributed by atoms with Gasteiger partial charge in [-0.15, -0.1) is 4.20 Å². The first-order valence-corrected chi connectivity index (χ1v) is 2.25. The zero-order valence-electron chi connectivity index (χ0n) is 2.58. The Morgan fingerprint density at radius 2 is 1.43 bits per heavy atom. The van der Waals surface area contributed by atoms with E-state index in [0.29, 0.717) is 0 Å². The van der Waals surface area contributed by atoms with E-state index in [1.165, 1.54) is 0 Å². The van der Waals surface area contributed by atoms with Crippen molar-refractivity contribution in [2.45, 2.75) is 0 Å². The summed E-state index contributed by atoms with van der Waals surface area (Å²) in [5.74, 6) is 0. The second kappa shape index (κ2) is 5.79. The van der Waals surface area contributed by atoms with Gasteiger partial charge in [0, 0.05) is 18.6 Å². The van der Waals surface area contributed by atoms with Crippen molar-refractivity contribution in [3.05, 3.63) is 0 Å². The molecule has 0 aromatic heterocycles. The Bertz CT molecular complexity index is 61.1. The van der Waals surface area contributed by atoms with Crippen molar-refractivity contribution in [2.24, 2.45) is 0 Å². The molecule has 2 N–H and O–H groups in total. The van der Waals surface area contributed by atoms with Crippen LogP contribution in [0.4, 0.5) is 4.20 Å². The van der Waals surface area contributed by atoms with Crippen LogP contribution in [0.3, 0.4) is 0 Å². The van der Waals surface area contributed by atoms with Gasteiger partial charge in [-0.3, -0.25) is 9.79 Å². The number of hydrogen-bond donors (Lipinski definition) is 2. The van der Waals surface area contributed by atoms with E-state index in [4.69, 9.17) is 14.4 Å². The van der Waals surface area contributed by atoms with Crippen LogP contribution >= 0.6 is 7.91 Å². The topological polar surface area (TPSA) is 57.5 Å². The summed E-state index contributed by atoms with van der Waals surface area (Å²) < 4.78 is 19.0. The van der Waals surface area contributed by atoms with Gasteiger partial charge in [0.1, 0.15) is 0 Å². The van der Waals surface area contributed by atoms with Crippen molar-refractivity contribution in [1.82, 2.24) is 0 Å². The monoisotopic (exact) mass is 175 g/mol. The number of hydrogen-bond acceptors (Lipinski definition) is 1. The average Bonchev–Trinajstić information content (AvgIpc) is 0.722. The minimum atomic E-state index is -5.14. The van der Waals surface area contributed by atoms with E-state index in [-0.39, 0.29) is 48.1 Å². The normalized spacial score (nSPS) is 8.43. The van der Waals surface area contributed by atoms with Gasteiger partial charge in [-0.05, 0) is 0 Å². The van der Waals surface area contributed by atoms with Gasteiger partial charge < -0.3 is 0 Å². The van der Waals surface area contributed by atoms with Crippen LogP contribution in [0.2, 0.25) is 0 Å². The molecule has 7 heteroatoms. The van der Waals surface area contributed by atoms with E-state index in [0.717, 1.165) is 0 Å². The van der Waals surface area contributed by atoms with Crippen molar-refractivity contribution in [3.63, 3.8) is 0 Å². The van der Waals surface area contributed by atoms with Crippen LogP contribution in [0.1, 0.15) is 0 Å². The molecule has 0 saturated carbocycles. The van der Waals surface area contributed by atoms with Gasteiger partial charge in [-0.1, -0.05) is 0 Å². The maximum Gasteiger partial charge on any atom is 0 e. The fourth-order valence-electron chi connectivity index (χ4n) is 0. The molecular formula is H3FNaO3PV. The summed E-state index contributed by atoms with van der Waals surface area (Å²) in [6.07, 6.45) is 0. The van der Waals surface area contributed by atoms with Crippen LogP contribution in [-0.2, 0) is 23.1 Å². The van der Waals surface area contributed by atoms with Gasteiger partial charge in [-0.2, -0.15) is 0 Å². The van der Waals surface area contributed by atoms with Gasteiger partial charge >= 0.3 is 37.5 Å². The third-order valence-electron chi connectivity index (χ3n) is 0. The van der Waals surface area contributed by atoms with E-state index in [9.17, 15) is 4.20 Å². The zero-order valence-corrected chi connectivity index (χ0v) is 4.87. The quantitative estimate of drug-likeness (QED) is 0.381. The van der Waals surface area contributed by atoms with E-state index >= 15 is 0 Å². The van der Waals surface area contributed by atoms with Crippen molar-refractivity contribution in [1.29, 1.82) is 0 Å². The number of rotatable bonds is 0. The Hall–Kier alpha value is 1.66. The van der Waals surface area contributed by atoms with Crippen LogP contribution in [0.15, 0.2) is 0 Å². The Morgan fingerprint density at radius 3 is 1.43 bits per heavy atom. The Labute approximate surface area is 74.1 Å². The Morgan fingerprint density at radius 1 is 1.43 bits per heavy atom. The molecule has 0 aliphatic carbocycles. The maximum absolute atomic E-state index is 10.4. The van der Waals surface area contributed by atoms with E-state index < -0.39 is 7.91 Å². The summed E-state index contributed by atoms with van der Waals surface area (Å²) in [5, 5.41) is 0. The first-order chi connectivity index (χ1) is 2.00. The molecule has 0 aromatic rings. The van der Waals surface area contributed by atoms with Crippen molar-refractivity contribution in [3.8, 4) is 0 Å². The van der Waals surface area contributed by atoms with Crippen LogP contribution in [-0.4, -0.2) is 39.3 Å². The first-order valence-electron chi connectivity index (χ1n) is 0.752. The fraction of sp³-hybridized carbons (Fsp3) is 0. The molecule has 1 radical (unpaired) electrons. The molecular weight excluding hydrogens is 172 g/mol. The van der Waals surface area contributed by atoms with Crippen LogP contribution in [0, 0.1) is 0 Å². The van der Waals surface area contributed by atoms with Gasteiger partial charge in [0.15, 0.2) is 0 Å². The molecule has 39 valence electrons. The summed E-state index contributed by atoms with van der Waals surface area (Å²) >= 11 is 0. The predicted octanol–water partition coefficient (Wildman–Crippen LogP) is -0.602. The molecule has 0 heterocycles. The van der Waals surface area contributed by atoms with Crippen LogP contribution < -0.4 is 0 Å². The fourth-order valence-corrected chi connectivity index (χ4v) is 0. The molecule has 0 aliphatic heterocycles.